The number of imide groups is 1. The summed E-state index contributed by atoms with van der Waals surface area (Å²) in [6.45, 7) is -1.48. The number of primary amides is 1. The Hall–Kier alpha value is -5.12. The third-order valence-corrected chi connectivity index (χ3v) is 7.97. The van der Waals surface area contributed by atoms with E-state index in [0.29, 0.717) is 32.1 Å². The monoisotopic (exact) mass is 684 g/mol. The molecule has 0 saturated heterocycles. The lowest BCUT2D eigenvalue weighted by Gasteiger charge is -2.29. The molecule has 16 nitrogen and oxygen atoms in total. The van der Waals surface area contributed by atoms with E-state index in [2.05, 4.69) is 21.3 Å². The van der Waals surface area contributed by atoms with Crippen LogP contribution in [-0.4, -0.2) is 97.3 Å². The van der Waals surface area contributed by atoms with Gasteiger partial charge in [-0.3, -0.25) is 43.3 Å². The summed E-state index contributed by atoms with van der Waals surface area (Å²) in [5, 5.41) is 9.92. The van der Waals surface area contributed by atoms with E-state index in [4.69, 9.17) is 15.2 Å². The number of hydrogen-bond acceptors (Lipinski definition) is 10. The molecule has 16 heteroatoms. The second-order valence-corrected chi connectivity index (χ2v) is 11.7. The highest BCUT2D eigenvalue weighted by atomic mass is 16.5. The Morgan fingerprint density at radius 3 is 2.27 bits per heavy atom. The van der Waals surface area contributed by atoms with Gasteiger partial charge in [0.2, 0.25) is 23.6 Å². The molecule has 3 unspecified atom stereocenters. The van der Waals surface area contributed by atoms with E-state index < -0.39 is 67.2 Å². The normalized spacial score (nSPS) is 17.6. The molecule has 1 heterocycles. The Kier molecular flexibility index (Phi) is 15.9. The molecular formula is C33H44N6O10. The Bertz CT molecular complexity index is 1370. The third-order valence-electron chi connectivity index (χ3n) is 7.97. The standard InChI is InChI=1S/C33H44N6O10/c34-32(46)23-11-6-7-12-25(23)49-21-37-27(41)18-36-33(47)24(17-22-9-3-1-4-10-22)38-28(42)20-48-31(45)19-35-26(40)13-5-2-8-16-39-29(43)14-15-30(39)44/h1,3-4,9-10,14-15,23-25H,2,5-8,11-13,16-21H2,(H2,34,46)(H,35,40)(H,36,47)(H,37,41)(H,38,42). The summed E-state index contributed by atoms with van der Waals surface area (Å²) < 4.78 is 10.6. The van der Waals surface area contributed by atoms with Gasteiger partial charge < -0.3 is 36.5 Å². The molecule has 0 spiro atoms. The SMILES string of the molecule is NC(=O)C1CCCCC1OCNC(=O)CNC(=O)C(Cc1ccccc1)NC(=O)COC(=O)CNC(=O)CCCCCN1C(=O)C=CC1=O. The zero-order valence-electron chi connectivity index (χ0n) is 27.3. The number of amides is 7. The summed E-state index contributed by atoms with van der Waals surface area (Å²) in [5.41, 5.74) is 6.18. The van der Waals surface area contributed by atoms with Crippen LogP contribution in [0.2, 0.25) is 0 Å². The van der Waals surface area contributed by atoms with Gasteiger partial charge in [-0.15, -0.1) is 0 Å². The van der Waals surface area contributed by atoms with Crippen molar-refractivity contribution in [1.82, 2.24) is 26.2 Å². The molecule has 2 aliphatic rings. The summed E-state index contributed by atoms with van der Waals surface area (Å²) in [6.07, 6.45) is 6.89. The van der Waals surface area contributed by atoms with Gasteiger partial charge in [0, 0.05) is 31.5 Å². The molecule has 3 atom stereocenters. The molecule has 266 valence electrons. The zero-order chi connectivity index (χ0) is 35.6. The van der Waals surface area contributed by atoms with Gasteiger partial charge in [0.05, 0.1) is 18.6 Å². The van der Waals surface area contributed by atoms with Gasteiger partial charge in [-0.1, -0.05) is 49.6 Å². The smallest absolute Gasteiger partial charge is 0.325 e. The van der Waals surface area contributed by atoms with Gasteiger partial charge in [0.15, 0.2) is 6.61 Å². The van der Waals surface area contributed by atoms with Crippen molar-refractivity contribution in [2.24, 2.45) is 11.7 Å². The van der Waals surface area contributed by atoms with E-state index >= 15 is 0 Å². The second-order valence-electron chi connectivity index (χ2n) is 11.7. The summed E-state index contributed by atoms with van der Waals surface area (Å²) in [6, 6.07) is 7.74. The predicted octanol–water partition coefficient (Wildman–Crippen LogP) is -0.891. The number of benzene rings is 1. The highest BCUT2D eigenvalue weighted by Crippen LogP contribution is 2.26. The quantitative estimate of drug-likeness (QED) is 0.0492. The average Bonchev–Trinajstić information content (AvgIpc) is 3.41. The first-order valence-electron chi connectivity index (χ1n) is 16.3. The maximum Gasteiger partial charge on any atom is 0.325 e. The number of esters is 1. The lowest BCUT2D eigenvalue weighted by Crippen LogP contribution is -2.51. The minimum atomic E-state index is -1.10. The molecular weight excluding hydrogens is 640 g/mol. The molecule has 1 saturated carbocycles. The number of carbonyl (C=O) groups is 8. The zero-order valence-corrected chi connectivity index (χ0v) is 27.3. The van der Waals surface area contributed by atoms with Crippen molar-refractivity contribution >= 4 is 47.3 Å². The van der Waals surface area contributed by atoms with E-state index in [0.717, 1.165) is 23.3 Å². The van der Waals surface area contributed by atoms with Crippen molar-refractivity contribution < 1.29 is 47.8 Å². The maximum atomic E-state index is 13.0. The van der Waals surface area contributed by atoms with Crippen molar-refractivity contribution in [3.63, 3.8) is 0 Å². The number of hydrogen-bond donors (Lipinski definition) is 5. The molecule has 1 aromatic rings. The fourth-order valence-electron chi connectivity index (χ4n) is 5.34. The van der Waals surface area contributed by atoms with Crippen LogP contribution in [0.3, 0.4) is 0 Å². The van der Waals surface area contributed by atoms with Crippen LogP contribution in [0.4, 0.5) is 0 Å². The first kappa shape index (κ1) is 38.3. The molecule has 6 N–H and O–H groups in total. The van der Waals surface area contributed by atoms with E-state index in [1.807, 2.05) is 0 Å². The van der Waals surface area contributed by atoms with E-state index in [1.54, 1.807) is 30.3 Å². The number of nitrogens with zero attached hydrogens (tertiary/aromatic N) is 1. The lowest BCUT2D eigenvalue weighted by atomic mass is 9.86. The molecule has 1 fully saturated rings. The van der Waals surface area contributed by atoms with Crippen LogP contribution in [0.5, 0.6) is 0 Å². The van der Waals surface area contributed by atoms with Crippen molar-refractivity contribution in [3.05, 3.63) is 48.0 Å². The van der Waals surface area contributed by atoms with Crippen molar-refractivity contribution in [1.29, 1.82) is 0 Å². The van der Waals surface area contributed by atoms with Gasteiger partial charge in [0.25, 0.3) is 17.7 Å². The summed E-state index contributed by atoms with van der Waals surface area (Å²) in [5.74, 6) is -4.81. The number of unbranched alkanes of at least 4 members (excludes halogenated alkanes) is 2. The van der Waals surface area contributed by atoms with Gasteiger partial charge >= 0.3 is 5.97 Å². The van der Waals surface area contributed by atoms with E-state index in [9.17, 15) is 38.4 Å². The Morgan fingerprint density at radius 2 is 1.55 bits per heavy atom. The van der Waals surface area contributed by atoms with Gasteiger partial charge in [-0.25, -0.2) is 0 Å². The van der Waals surface area contributed by atoms with Gasteiger partial charge in [0.1, 0.15) is 19.3 Å². The molecule has 49 heavy (non-hydrogen) atoms. The molecule has 3 rings (SSSR count). The largest absolute Gasteiger partial charge is 0.454 e. The summed E-state index contributed by atoms with van der Waals surface area (Å²) >= 11 is 0. The number of rotatable bonds is 20. The molecule has 1 aliphatic heterocycles. The van der Waals surface area contributed by atoms with Crippen molar-refractivity contribution in [2.45, 2.75) is 69.9 Å². The van der Waals surface area contributed by atoms with Crippen LogP contribution < -0.4 is 27.0 Å². The average molecular weight is 685 g/mol. The first-order valence-corrected chi connectivity index (χ1v) is 16.3. The minimum Gasteiger partial charge on any atom is -0.454 e. The van der Waals surface area contributed by atoms with Crippen LogP contribution >= 0.6 is 0 Å². The predicted molar refractivity (Wildman–Crippen MR) is 172 cm³/mol. The fourth-order valence-corrected chi connectivity index (χ4v) is 5.34. The molecule has 1 aromatic carbocycles. The highest BCUT2D eigenvalue weighted by Gasteiger charge is 2.30. The maximum absolute atomic E-state index is 13.0. The van der Waals surface area contributed by atoms with Crippen LogP contribution in [-0.2, 0) is 54.3 Å². The lowest BCUT2D eigenvalue weighted by molar-refractivity contribution is -0.148. The first-order chi connectivity index (χ1) is 23.5. The van der Waals surface area contributed by atoms with Crippen LogP contribution in [0.1, 0.15) is 56.9 Å². The molecule has 0 bridgehead atoms. The molecule has 0 radical (unpaired) electrons. The summed E-state index contributed by atoms with van der Waals surface area (Å²) in [7, 11) is 0. The Labute approximate surface area is 283 Å². The number of ether oxygens (including phenoxy) is 2. The van der Waals surface area contributed by atoms with Crippen LogP contribution in [0.15, 0.2) is 42.5 Å². The number of nitrogens with one attached hydrogen (secondary N) is 4. The molecule has 7 amide bonds. The fraction of sp³-hybridized carbons (Fsp3) is 0.515. The van der Waals surface area contributed by atoms with Crippen LogP contribution in [0, 0.1) is 5.92 Å². The number of carbonyl (C=O) groups excluding carboxylic acids is 8. The Balaban J connectivity index is 1.35. The number of nitrogens with two attached hydrogens (primary N) is 1. The Morgan fingerprint density at radius 1 is 0.837 bits per heavy atom. The topological polar surface area (TPSA) is 232 Å². The van der Waals surface area contributed by atoms with Crippen molar-refractivity contribution in [3.8, 4) is 0 Å². The molecule has 0 aromatic heterocycles. The van der Waals surface area contributed by atoms with E-state index in [1.165, 1.54) is 12.2 Å². The molecule has 1 aliphatic carbocycles. The van der Waals surface area contributed by atoms with E-state index in [-0.39, 0.29) is 44.0 Å². The highest BCUT2D eigenvalue weighted by molar-refractivity contribution is 6.12. The van der Waals surface area contributed by atoms with Gasteiger partial charge in [-0.2, -0.15) is 0 Å². The summed E-state index contributed by atoms with van der Waals surface area (Å²) in [4.78, 5) is 98.0. The van der Waals surface area contributed by atoms with Crippen LogP contribution in [0.25, 0.3) is 0 Å². The second kappa shape index (κ2) is 20.3. The van der Waals surface area contributed by atoms with Gasteiger partial charge in [-0.05, 0) is 31.2 Å². The third kappa shape index (κ3) is 13.9. The minimum absolute atomic E-state index is 0.0882. The van der Waals surface area contributed by atoms with Crippen molar-refractivity contribution in [2.75, 3.05) is 33.0 Å².